The highest BCUT2D eigenvalue weighted by Gasteiger charge is 2.33. The molecule has 2 aliphatic heterocycles. The number of nitrogens with one attached hydrogen (secondary N) is 1. The summed E-state index contributed by atoms with van der Waals surface area (Å²) in [5.41, 5.74) is 3.25. The molecule has 0 radical (unpaired) electrons. The van der Waals surface area contributed by atoms with Gasteiger partial charge < -0.3 is 15.1 Å². The van der Waals surface area contributed by atoms with Crippen LogP contribution in [0.25, 0.3) is 0 Å². The Morgan fingerprint density at radius 3 is 2.58 bits per heavy atom. The normalized spacial score (nSPS) is 19.9. The number of rotatable bonds is 5. The molecule has 4 rings (SSSR count). The molecule has 0 bridgehead atoms. The van der Waals surface area contributed by atoms with Gasteiger partial charge in [0.15, 0.2) is 0 Å². The largest absolute Gasteiger partial charge is 0.368 e. The van der Waals surface area contributed by atoms with Crippen molar-refractivity contribution in [3.8, 4) is 0 Å². The number of hydrogen-bond donors (Lipinski definition) is 1. The second kappa shape index (κ2) is 9.47. The molecule has 2 amide bonds. The number of carbonyl (C=O) groups excluding carboxylic acids is 2. The van der Waals surface area contributed by atoms with Crippen molar-refractivity contribution in [2.24, 2.45) is 0 Å². The van der Waals surface area contributed by atoms with E-state index in [0.29, 0.717) is 32.7 Å². The monoisotopic (exact) mass is 424 g/mol. The molecule has 31 heavy (non-hydrogen) atoms. The SMILES string of the molecule is Cc1ccccc1N1CCN(C(=O)C[C@H]2C(=O)NCCN2Cc2cccc(F)c2)CC1. The number of piperazine rings is 2. The summed E-state index contributed by atoms with van der Waals surface area (Å²) < 4.78 is 13.6. The predicted molar refractivity (Wildman–Crippen MR) is 118 cm³/mol. The molecule has 164 valence electrons. The van der Waals surface area contributed by atoms with Gasteiger partial charge in [0, 0.05) is 51.5 Å². The van der Waals surface area contributed by atoms with Gasteiger partial charge in [0.25, 0.3) is 0 Å². The molecular weight excluding hydrogens is 395 g/mol. The molecule has 2 fully saturated rings. The van der Waals surface area contributed by atoms with E-state index in [1.807, 2.05) is 28.0 Å². The summed E-state index contributed by atoms with van der Waals surface area (Å²) in [4.78, 5) is 31.7. The number of nitrogens with zero attached hydrogens (tertiary/aromatic N) is 3. The van der Waals surface area contributed by atoms with Crippen molar-refractivity contribution in [3.63, 3.8) is 0 Å². The molecule has 1 N–H and O–H groups in total. The van der Waals surface area contributed by atoms with Gasteiger partial charge in [-0.05, 0) is 36.2 Å². The van der Waals surface area contributed by atoms with Crippen LogP contribution in [0.1, 0.15) is 17.5 Å². The van der Waals surface area contributed by atoms with Gasteiger partial charge in [0.05, 0.1) is 12.5 Å². The lowest BCUT2D eigenvalue weighted by Gasteiger charge is -2.39. The fraction of sp³-hybridized carbons (Fsp3) is 0.417. The van der Waals surface area contributed by atoms with Gasteiger partial charge in [-0.2, -0.15) is 0 Å². The van der Waals surface area contributed by atoms with Crippen molar-refractivity contribution >= 4 is 17.5 Å². The average molecular weight is 425 g/mol. The highest BCUT2D eigenvalue weighted by Crippen LogP contribution is 2.22. The molecule has 0 aromatic heterocycles. The van der Waals surface area contributed by atoms with Crippen molar-refractivity contribution in [2.75, 3.05) is 44.2 Å². The Kier molecular flexibility index (Phi) is 6.51. The van der Waals surface area contributed by atoms with E-state index >= 15 is 0 Å². The van der Waals surface area contributed by atoms with Crippen molar-refractivity contribution in [2.45, 2.75) is 25.9 Å². The number of aryl methyl sites for hydroxylation is 1. The van der Waals surface area contributed by atoms with Crippen molar-refractivity contribution < 1.29 is 14.0 Å². The molecule has 1 atom stereocenters. The molecule has 6 nitrogen and oxygen atoms in total. The molecule has 0 unspecified atom stereocenters. The van der Waals surface area contributed by atoms with Crippen molar-refractivity contribution in [1.29, 1.82) is 0 Å². The van der Waals surface area contributed by atoms with E-state index in [0.717, 1.165) is 18.7 Å². The molecule has 0 saturated carbocycles. The van der Waals surface area contributed by atoms with Crippen LogP contribution in [0.3, 0.4) is 0 Å². The Morgan fingerprint density at radius 2 is 1.84 bits per heavy atom. The molecule has 0 aliphatic carbocycles. The van der Waals surface area contributed by atoms with E-state index in [9.17, 15) is 14.0 Å². The lowest BCUT2D eigenvalue weighted by Crippen LogP contribution is -2.57. The number of carbonyl (C=O) groups is 2. The average Bonchev–Trinajstić information content (AvgIpc) is 2.76. The van der Waals surface area contributed by atoms with Crippen LogP contribution in [0.2, 0.25) is 0 Å². The maximum Gasteiger partial charge on any atom is 0.237 e. The molecule has 2 heterocycles. The smallest absolute Gasteiger partial charge is 0.237 e. The second-order valence-electron chi connectivity index (χ2n) is 8.27. The van der Waals surface area contributed by atoms with Crippen LogP contribution < -0.4 is 10.2 Å². The van der Waals surface area contributed by atoms with E-state index in [1.165, 1.54) is 23.4 Å². The zero-order valence-corrected chi connectivity index (χ0v) is 17.9. The van der Waals surface area contributed by atoms with Gasteiger partial charge in [0.1, 0.15) is 5.82 Å². The molecule has 2 aromatic rings. The number of benzene rings is 2. The van der Waals surface area contributed by atoms with Crippen LogP contribution >= 0.6 is 0 Å². The summed E-state index contributed by atoms with van der Waals surface area (Å²) in [5, 5.41) is 2.87. The van der Waals surface area contributed by atoms with Crippen LogP contribution in [-0.2, 0) is 16.1 Å². The standard InChI is InChI=1S/C24H29FN4O2/c1-18-5-2-3-8-21(18)27-11-13-28(14-12-27)23(30)16-22-24(31)26-9-10-29(22)17-19-6-4-7-20(25)15-19/h2-8,15,22H,9-14,16-17H2,1H3,(H,26,31)/t22-/m0/s1. The minimum atomic E-state index is -0.529. The maximum absolute atomic E-state index is 13.6. The molecule has 2 aliphatic rings. The molecule has 7 heteroatoms. The number of amides is 2. The first-order chi connectivity index (χ1) is 15.0. The summed E-state index contributed by atoms with van der Waals surface area (Å²) in [5.74, 6) is -0.427. The fourth-order valence-corrected chi connectivity index (χ4v) is 4.45. The first kappa shape index (κ1) is 21.3. The lowest BCUT2D eigenvalue weighted by molar-refractivity contribution is -0.139. The first-order valence-corrected chi connectivity index (χ1v) is 10.9. The van der Waals surface area contributed by atoms with Crippen LogP contribution in [0.15, 0.2) is 48.5 Å². The van der Waals surface area contributed by atoms with Gasteiger partial charge in [0.2, 0.25) is 11.8 Å². The highest BCUT2D eigenvalue weighted by atomic mass is 19.1. The summed E-state index contributed by atoms with van der Waals surface area (Å²) in [6, 6.07) is 14.2. The molecular formula is C24H29FN4O2. The van der Waals surface area contributed by atoms with E-state index in [1.54, 1.807) is 6.07 Å². The second-order valence-corrected chi connectivity index (χ2v) is 8.27. The minimum Gasteiger partial charge on any atom is -0.368 e. The van der Waals surface area contributed by atoms with Crippen LogP contribution in [0, 0.1) is 12.7 Å². The Balaban J connectivity index is 1.37. The fourth-order valence-electron chi connectivity index (χ4n) is 4.45. The Labute approximate surface area is 182 Å². The number of hydrogen-bond acceptors (Lipinski definition) is 4. The third-order valence-electron chi connectivity index (χ3n) is 6.17. The quantitative estimate of drug-likeness (QED) is 0.800. The van der Waals surface area contributed by atoms with E-state index in [-0.39, 0.29) is 24.1 Å². The Morgan fingerprint density at radius 1 is 1.06 bits per heavy atom. The van der Waals surface area contributed by atoms with Crippen LogP contribution in [0.4, 0.5) is 10.1 Å². The summed E-state index contributed by atoms with van der Waals surface area (Å²) in [6.07, 6.45) is 0.144. The highest BCUT2D eigenvalue weighted by molar-refractivity contribution is 5.89. The number of anilines is 1. The van der Waals surface area contributed by atoms with Gasteiger partial charge in [-0.15, -0.1) is 0 Å². The molecule has 2 aromatic carbocycles. The summed E-state index contributed by atoms with van der Waals surface area (Å²) in [6.45, 7) is 6.57. The third-order valence-corrected chi connectivity index (χ3v) is 6.17. The van der Waals surface area contributed by atoms with Gasteiger partial charge >= 0.3 is 0 Å². The number of para-hydroxylation sites is 1. The topological polar surface area (TPSA) is 55.9 Å². The van der Waals surface area contributed by atoms with Crippen LogP contribution in [0.5, 0.6) is 0 Å². The number of halogens is 1. The van der Waals surface area contributed by atoms with Gasteiger partial charge in [-0.3, -0.25) is 14.5 Å². The van der Waals surface area contributed by atoms with E-state index < -0.39 is 6.04 Å². The van der Waals surface area contributed by atoms with Gasteiger partial charge in [-0.1, -0.05) is 30.3 Å². The summed E-state index contributed by atoms with van der Waals surface area (Å²) in [7, 11) is 0. The predicted octanol–water partition coefficient (Wildman–Crippen LogP) is 2.17. The van der Waals surface area contributed by atoms with Gasteiger partial charge in [-0.25, -0.2) is 4.39 Å². The van der Waals surface area contributed by atoms with E-state index in [2.05, 4.69) is 29.3 Å². The Bertz CT molecular complexity index is 943. The van der Waals surface area contributed by atoms with E-state index in [4.69, 9.17) is 0 Å². The Hall–Kier alpha value is -2.93. The first-order valence-electron chi connectivity index (χ1n) is 10.9. The summed E-state index contributed by atoms with van der Waals surface area (Å²) >= 11 is 0. The van der Waals surface area contributed by atoms with Crippen molar-refractivity contribution in [3.05, 3.63) is 65.5 Å². The van der Waals surface area contributed by atoms with Crippen molar-refractivity contribution in [1.82, 2.24) is 15.1 Å². The molecule has 0 spiro atoms. The zero-order chi connectivity index (χ0) is 21.8. The third kappa shape index (κ3) is 5.05. The minimum absolute atomic E-state index is 0.00396. The van der Waals surface area contributed by atoms with Crippen LogP contribution in [-0.4, -0.2) is 66.9 Å². The maximum atomic E-state index is 13.6. The zero-order valence-electron chi connectivity index (χ0n) is 17.9. The lowest BCUT2D eigenvalue weighted by atomic mass is 10.1. The molecule has 2 saturated heterocycles.